The lowest BCUT2D eigenvalue weighted by atomic mass is 10.2. The van der Waals surface area contributed by atoms with Crippen LogP contribution in [0, 0.1) is 5.82 Å². The molecule has 0 fully saturated rings. The Morgan fingerprint density at radius 3 is 2.62 bits per heavy atom. The first kappa shape index (κ1) is 18.9. The van der Waals surface area contributed by atoms with Gasteiger partial charge >= 0.3 is 0 Å². The topological polar surface area (TPSA) is 56.1 Å². The van der Waals surface area contributed by atoms with Gasteiger partial charge in [0.2, 0.25) is 0 Å². The Labute approximate surface area is 171 Å². The number of nitrogens with zero attached hydrogens (tertiary/aromatic N) is 2. The number of hydrogen-bond acceptors (Lipinski definition) is 4. The zero-order valence-electron chi connectivity index (χ0n) is 15.4. The summed E-state index contributed by atoms with van der Waals surface area (Å²) in [5.74, 6) is -0.520. The average Bonchev–Trinajstić information content (AvgIpc) is 3.43. The highest BCUT2D eigenvalue weighted by molar-refractivity contribution is 7.13. The summed E-state index contributed by atoms with van der Waals surface area (Å²) in [6.07, 6.45) is 1.72. The van der Waals surface area contributed by atoms with Gasteiger partial charge in [0.1, 0.15) is 12.3 Å². The van der Waals surface area contributed by atoms with E-state index in [1.165, 1.54) is 17.4 Å². The van der Waals surface area contributed by atoms with Gasteiger partial charge in [0, 0.05) is 6.20 Å². The van der Waals surface area contributed by atoms with Crippen LogP contribution in [0.4, 0.5) is 4.39 Å². The number of thiophene rings is 1. The molecule has 0 saturated heterocycles. The van der Waals surface area contributed by atoms with Crippen LogP contribution in [0.15, 0.2) is 78.3 Å². The van der Waals surface area contributed by atoms with Gasteiger partial charge < -0.3 is 10.1 Å². The second-order valence-corrected chi connectivity index (χ2v) is 7.13. The highest BCUT2D eigenvalue weighted by Crippen LogP contribution is 2.27. The van der Waals surface area contributed by atoms with Gasteiger partial charge in [0.25, 0.3) is 5.91 Å². The third kappa shape index (κ3) is 4.35. The van der Waals surface area contributed by atoms with Gasteiger partial charge in [0.05, 0.1) is 22.7 Å². The summed E-state index contributed by atoms with van der Waals surface area (Å²) in [6.45, 7) is 0.404. The molecule has 5 nitrogen and oxygen atoms in total. The van der Waals surface area contributed by atoms with Crippen molar-refractivity contribution in [3.8, 4) is 22.0 Å². The maximum Gasteiger partial charge on any atom is 0.255 e. The molecular formula is C22H18FN3O2S. The quantitative estimate of drug-likeness (QED) is 0.457. The summed E-state index contributed by atoms with van der Waals surface area (Å²) in [7, 11) is 0. The second kappa shape index (κ2) is 8.70. The maximum atomic E-state index is 13.6. The van der Waals surface area contributed by atoms with Crippen molar-refractivity contribution in [1.82, 2.24) is 15.1 Å². The van der Waals surface area contributed by atoms with Gasteiger partial charge in [-0.15, -0.1) is 11.3 Å². The van der Waals surface area contributed by atoms with Crippen LogP contribution in [0.5, 0.6) is 5.75 Å². The van der Waals surface area contributed by atoms with Gasteiger partial charge in [-0.25, -0.2) is 9.07 Å². The number of carbonyl (C=O) groups is 1. The Kier molecular flexibility index (Phi) is 5.67. The molecule has 0 atom stereocenters. The molecule has 2 heterocycles. The van der Waals surface area contributed by atoms with Crippen LogP contribution in [0.2, 0.25) is 0 Å². The molecule has 0 aliphatic rings. The standard InChI is InChI=1S/C22H18FN3O2S/c23-18-9-4-5-10-19(18)28-13-12-24-22(27)17-15-26(16-7-2-1-3-8-16)25-21(17)20-11-6-14-29-20/h1-11,14-15H,12-13H2,(H,24,27). The van der Waals surface area contributed by atoms with Crippen molar-refractivity contribution in [2.24, 2.45) is 0 Å². The highest BCUT2D eigenvalue weighted by Gasteiger charge is 2.19. The van der Waals surface area contributed by atoms with Crippen molar-refractivity contribution < 1.29 is 13.9 Å². The third-order valence-electron chi connectivity index (χ3n) is 4.22. The number of nitrogens with one attached hydrogen (secondary N) is 1. The van der Waals surface area contributed by atoms with Crippen LogP contribution < -0.4 is 10.1 Å². The fourth-order valence-electron chi connectivity index (χ4n) is 2.83. The van der Waals surface area contributed by atoms with Crippen LogP contribution in [-0.4, -0.2) is 28.8 Å². The molecule has 0 saturated carbocycles. The molecule has 7 heteroatoms. The molecule has 0 radical (unpaired) electrons. The van der Waals surface area contributed by atoms with E-state index in [0.717, 1.165) is 10.6 Å². The summed E-state index contributed by atoms with van der Waals surface area (Å²) in [5, 5.41) is 9.38. The van der Waals surface area contributed by atoms with Crippen molar-refractivity contribution in [3.05, 3.63) is 89.7 Å². The molecule has 4 aromatic rings. The smallest absolute Gasteiger partial charge is 0.255 e. The second-order valence-electron chi connectivity index (χ2n) is 6.18. The molecule has 2 aromatic heterocycles. The van der Waals surface area contributed by atoms with E-state index in [0.29, 0.717) is 11.3 Å². The molecule has 4 rings (SSSR count). The van der Waals surface area contributed by atoms with E-state index in [1.54, 1.807) is 29.1 Å². The Bertz CT molecular complexity index is 1090. The van der Waals surface area contributed by atoms with E-state index >= 15 is 0 Å². The molecule has 1 amide bonds. The molecule has 0 spiro atoms. The number of carbonyl (C=O) groups excluding carboxylic acids is 1. The third-order valence-corrected chi connectivity index (χ3v) is 5.09. The summed E-state index contributed by atoms with van der Waals surface area (Å²) >= 11 is 1.52. The highest BCUT2D eigenvalue weighted by atomic mass is 32.1. The van der Waals surface area contributed by atoms with Gasteiger partial charge in [0.15, 0.2) is 11.6 Å². The van der Waals surface area contributed by atoms with Crippen LogP contribution in [0.3, 0.4) is 0 Å². The zero-order valence-corrected chi connectivity index (χ0v) is 16.2. The minimum Gasteiger partial charge on any atom is -0.489 e. The van der Waals surface area contributed by atoms with E-state index in [2.05, 4.69) is 10.4 Å². The van der Waals surface area contributed by atoms with Crippen molar-refractivity contribution in [3.63, 3.8) is 0 Å². The average molecular weight is 407 g/mol. The fourth-order valence-corrected chi connectivity index (χ4v) is 3.55. The van der Waals surface area contributed by atoms with Gasteiger partial charge in [-0.1, -0.05) is 36.4 Å². The largest absolute Gasteiger partial charge is 0.489 e. The first-order chi connectivity index (χ1) is 14.2. The Balaban J connectivity index is 1.48. The summed E-state index contributed by atoms with van der Waals surface area (Å²) in [6, 6.07) is 19.6. The molecule has 146 valence electrons. The van der Waals surface area contributed by atoms with Gasteiger partial charge in [-0.3, -0.25) is 4.79 Å². The van der Waals surface area contributed by atoms with Crippen LogP contribution in [-0.2, 0) is 0 Å². The van der Waals surface area contributed by atoms with Crippen LogP contribution in [0.25, 0.3) is 16.3 Å². The molecule has 0 aliphatic heterocycles. The number of para-hydroxylation sites is 2. The van der Waals surface area contributed by atoms with Crippen molar-refractivity contribution in [2.75, 3.05) is 13.2 Å². The number of halogens is 1. The first-order valence-corrected chi connectivity index (χ1v) is 9.95. The lowest BCUT2D eigenvalue weighted by Gasteiger charge is -2.08. The Morgan fingerprint density at radius 2 is 1.86 bits per heavy atom. The van der Waals surface area contributed by atoms with Crippen molar-refractivity contribution in [2.45, 2.75) is 0 Å². The van der Waals surface area contributed by atoms with E-state index in [4.69, 9.17) is 4.74 Å². The number of aromatic nitrogens is 2. The molecule has 0 unspecified atom stereocenters. The van der Waals surface area contributed by atoms with Crippen LogP contribution in [0.1, 0.15) is 10.4 Å². The van der Waals surface area contributed by atoms with E-state index in [1.807, 2.05) is 47.8 Å². The van der Waals surface area contributed by atoms with E-state index < -0.39 is 5.82 Å². The minimum absolute atomic E-state index is 0.161. The molecular weight excluding hydrogens is 389 g/mol. The van der Waals surface area contributed by atoms with Gasteiger partial charge in [-0.2, -0.15) is 5.10 Å². The van der Waals surface area contributed by atoms with E-state index in [9.17, 15) is 9.18 Å². The number of amides is 1. The summed E-state index contributed by atoms with van der Waals surface area (Å²) < 4.78 is 20.7. The van der Waals surface area contributed by atoms with E-state index in [-0.39, 0.29) is 24.8 Å². The lowest BCUT2D eigenvalue weighted by Crippen LogP contribution is -2.28. The molecule has 0 bridgehead atoms. The zero-order chi connectivity index (χ0) is 20.1. The Hall–Kier alpha value is -3.45. The maximum absolute atomic E-state index is 13.6. The number of ether oxygens (including phenoxy) is 1. The number of rotatable bonds is 7. The first-order valence-electron chi connectivity index (χ1n) is 9.07. The van der Waals surface area contributed by atoms with Crippen LogP contribution >= 0.6 is 11.3 Å². The molecule has 1 N–H and O–H groups in total. The molecule has 2 aromatic carbocycles. The number of hydrogen-bond donors (Lipinski definition) is 1. The van der Waals surface area contributed by atoms with Gasteiger partial charge in [-0.05, 0) is 35.7 Å². The fraction of sp³-hybridized carbons (Fsp3) is 0.0909. The summed E-state index contributed by atoms with van der Waals surface area (Å²) in [5.41, 5.74) is 1.96. The predicted molar refractivity (Wildman–Crippen MR) is 111 cm³/mol. The predicted octanol–water partition coefficient (Wildman–Crippen LogP) is 4.55. The monoisotopic (exact) mass is 407 g/mol. The normalized spacial score (nSPS) is 10.7. The minimum atomic E-state index is -0.428. The van der Waals surface area contributed by atoms with Crippen molar-refractivity contribution in [1.29, 1.82) is 0 Å². The SMILES string of the molecule is O=C(NCCOc1ccccc1F)c1cn(-c2ccccc2)nc1-c1cccs1. The van der Waals surface area contributed by atoms with Crippen molar-refractivity contribution >= 4 is 17.2 Å². The number of benzene rings is 2. The molecule has 29 heavy (non-hydrogen) atoms. The lowest BCUT2D eigenvalue weighted by molar-refractivity contribution is 0.0947. The summed E-state index contributed by atoms with van der Waals surface area (Å²) in [4.78, 5) is 13.7. The Morgan fingerprint density at radius 1 is 1.07 bits per heavy atom. The molecule has 0 aliphatic carbocycles.